The molecule has 2 rings (SSSR count). The molecule has 16 heavy (non-hydrogen) atoms. The number of benzene rings is 1. The fourth-order valence-electron chi connectivity index (χ4n) is 1.41. The van der Waals surface area contributed by atoms with Crippen LogP contribution < -0.4 is 9.78 Å². The number of fused-ring (bicyclic) bond motifs is 1. The zero-order valence-electron chi connectivity index (χ0n) is 8.97. The van der Waals surface area contributed by atoms with Gasteiger partial charge in [0.2, 0.25) is 0 Å². The van der Waals surface area contributed by atoms with Crippen molar-refractivity contribution in [2.45, 2.75) is 0 Å². The number of aromatic nitrogens is 1. The maximum Gasteiger partial charge on any atom is 0.267 e. The summed E-state index contributed by atoms with van der Waals surface area (Å²) < 4.78 is 0. The molecule has 1 aromatic heterocycles. The minimum atomic E-state index is 0.313. The topological polar surface area (TPSA) is 49.8 Å². The summed E-state index contributed by atoms with van der Waals surface area (Å²) in [7, 11) is 2.83. The number of pyridine rings is 1. The molecule has 0 bridgehead atoms. The van der Waals surface area contributed by atoms with Crippen molar-refractivity contribution in [3.05, 3.63) is 30.3 Å². The molecule has 0 saturated carbocycles. The Bertz CT molecular complexity index is 486. The zero-order chi connectivity index (χ0) is 11.4. The van der Waals surface area contributed by atoms with E-state index < -0.39 is 0 Å². The maximum atomic E-state index is 4.96. The van der Waals surface area contributed by atoms with Gasteiger partial charge in [0, 0.05) is 11.5 Å². The van der Waals surface area contributed by atoms with E-state index in [9.17, 15) is 0 Å². The summed E-state index contributed by atoms with van der Waals surface area (Å²) in [5.74, 6) is 0.654. The van der Waals surface area contributed by atoms with E-state index in [0.717, 1.165) is 10.8 Å². The van der Waals surface area contributed by atoms with E-state index in [-0.39, 0.29) is 0 Å². The highest BCUT2D eigenvalue weighted by atomic mass is 17.2. The summed E-state index contributed by atoms with van der Waals surface area (Å²) in [5.41, 5.74) is 0. The summed E-state index contributed by atoms with van der Waals surface area (Å²) in [5, 5.41) is 1.77. The lowest BCUT2D eigenvalue weighted by Gasteiger charge is -2.06. The molecule has 0 unspecified atom stereocenters. The molecule has 1 heterocycles. The van der Waals surface area contributed by atoms with Gasteiger partial charge in [-0.3, -0.25) is 0 Å². The van der Waals surface area contributed by atoms with Crippen LogP contribution in [0.1, 0.15) is 0 Å². The lowest BCUT2D eigenvalue weighted by molar-refractivity contribution is -0.190. The van der Waals surface area contributed by atoms with Crippen molar-refractivity contribution in [2.75, 3.05) is 14.2 Å². The Morgan fingerprint density at radius 1 is 1.00 bits per heavy atom. The molecule has 0 aliphatic carbocycles. The highest BCUT2D eigenvalue weighted by molar-refractivity contribution is 5.87. The Morgan fingerprint density at radius 3 is 2.50 bits per heavy atom. The van der Waals surface area contributed by atoms with Gasteiger partial charge in [0.05, 0.1) is 14.2 Å². The van der Waals surface area contributed by atoms with E-state index >= 15 is 0 Å². The van der Waals surface area contributed by atoms with Crippen molar-refractivity contribution in [3.63, 3.8) is 0 Å². The summed E-state index contributed by atoms with van der Waals surface area (Å²) in [6.45, 7) is 0. The van der Waals surface area contributed by atoms with Gasteiger partial charge in [0.1, 0.15) is 0 Å². The van der Waals surface area contributed by atoms with Gasteiger partial charge < -0.3 is 9.78 Å². The summed E-state index contributed by atoms with van der Waals surface area (Å²) in [6.07, 6.45) is 0. The predicted molar refractivity (Wildman–Crippen MR) is 57.0 cm³/mol. The molecular weight excluding hydrogens is 210 g/mol. The molecule has 5 heteroatoms. The molecule has 84 valence electrons. The molecule has 0 saturated heterocycles. The number of nitrogens with zero attached hydrogens (tertiary/aromatic N) is 1. The zero-order valence-corrected chi connectivity index (χ0v) is 8.97. The maximum absolute atomic E-state index is 4.96. The van der Waals surface area contributed by atoms with E-state index in [1.807, 2.05) is 24.3 Å². The number of rotatable bonds is 4. The minimum Gasteiger partial charge on any atom is -0.317 e. The normalized spacial score (nSPS) is 10.4. The second-order valence-electron chi connectivity index (χ2n) is 2.99. The largest absolute Gasteiger partial charge is 0.317 e. The first-order valence-corrected chi connectivity index (χ1v) is 4.66. The third-order valence-corrected chi connectivity index (χ3v) is 2.01. The fourth-order valence-corrected chi connectivity index (χ4v) is 1.41. The highest BCUT2D eigenvalue weighted by Crippen LogP contribution is 2.27. The van der Waals surface area contributed by atoms with Crippen LogP contribution in [0.5, 0.6) is 11.8 Å². The Hall–Kier alpha value is -1.85. The molecule has 0 radical (unpaired) electrons. The lowest BCUT2D eigenvalue weighted by Crippen LogP contribution is -1.98. The Labute approximate surface area is 92.4 Å². The van der Waals surface area contributed by atoms with Crippen LogP contribution in [0.2, 0.25) is 0 Å². The van der Waals surface area contributed by atoms with Gasteiger partial charge >= 0.3 is 0 Å². The Kier molecular flexibility index (Phi) is 3.19. The average Bonchev–Trinajstić information content (AvgIpc) is 2.30. The Morgan fingerprint density at radius 2 is 1.75 bits per heavy atom. The van der Waals surface area contributed by atoms with Crippen LogP contribution in [0.4, 0.5) is 0 Å². The van der Waals surface area contributed by atoms with Gasteiger partial charge in [-0.1, -0.05) is 18.2 Å². The second-order valence-corrected chi connectivity index (χ2v) is 2.99. The lowest BCUT2D eigenvalue weighted by atomic mass is 10.2. The van der Waals surface area contributed by atoms with Crippen molar-refractivity contribution in [1.29, 1.82) is 0 Å². The summed E-state index contributed by atoms with van der Waals surface area (Å²) in [4.78, 5) is 23.1. The molecule has 0 aliphatic heterocycles. The van der Waals surface area contributed by atoms with Crippen LogP contribution >= 0.6 is 0 Å². The Balaban J connectivity index is 2.54. The summed E-state index contributed by atoms with van der Waals surface area (Å²) in [6, 6.07) is 9.36. The average molecular weight is 221 g/mol. The fraction of sp³-hybridized carbons (Fsp3) is 0.182. The smallest absolute Gasteiger partial charge is 0.267 e. The van der Waals surface area contributed by atoms with E-state index in [2.05, 4.69) is 14.8 Å². The van der Waals surface area contributed by atoms with Gasteiger partial charge in [-0.2, -0.15) is 14.8 Å². The van der Waals surface area contributed by atoms with Crippen molar-refractivity contribution in [2.24, 2.45) is 0 Å². The molecule has 0 aliphatic rings. The van der Waals surface area contributed by atoms with E-state index in [1.165, 1.54) is 14.2 Å². The first kappa shape index (κ1) is 10.7. The molecule has 5 nitrogen and oxygen atoms in total. The van der Waals surface area contributed by atoms with E-state index in [1.54, 1.807) is 6.07 Å². The first-order valence-electron chi connectivity index (χ1n) is 4.66. The van der Waals surface area contributed by atoms with Crippen LogP contribution in [0.15, 0.2) is 30.3 Å². The van der Waals surface area contributed by atoms with Crippen molar-refractivity contribution < 1.29 is 19.6 Å². The predicted octanol–water partition coefficient (Wildman–Crippen LogP) is 2.12. The van der Waals surface area contributed by atoms with Crippen molar-refractivity contribution in [1.82, 2.24) is 4.98 Å². The van der Waals surface area contributed by atoms with Crippen LogP contribution in [0.3, 0.4) is 0 Å². The third kappa shape index (κ3) is 2.05. The minimum absolute atomic E-state index is 0.313. The van der Waals surface area contributed by atoms with Crippen LogP contribution in [0, 0.1) is 0 Å². The summed E-state index contributed by atoms with van der Waals surface area (Å²) >= 11 is 0. The van der Waals surface area contributed by atoms with Gasteiger partial charge in [-0.25, -0.2) is 0 Å². The second kappa shape index (κ2) is 4.78. The standard InChI is InChI=1S/C11H11NO4/c1-13-15-10-7-8-5-3-4-6-9(8)11(12-10)16-14-2/h3-7H,1-2H3. The molecule has 2 aromatic rings. The van der Waals surface area contributed by atoms with Crippen LogP contribution in [-0.4, -0.2) is 19.2 Å². The molecular formula is C11H11NO4. The molecule has 0 fully saturated rings. The van der Waals surface area contributed by atoms with Gasteiger partial charge in [0.15, 0.2) is 0 Å². The molecule has 0 spiro atoms. The molecule has 0 N–H and O–H groups in total. The highest BCUT2D eigenvalue weighted by Gasteiger charge is 2.08. The third-order valence-electron chi connectivity index (χ3n) is 2.01. The van der Waals surface area contributed by atoms with Crippen molar-refractivity contribution in [3.8, 4) is 11.8 Å². The van der Waals surface area contributed by atoms with Crippen molar-refractivity contribution >= 4 is 10.8 Å². The van der Waals surface area contributed by atoms with Gasteiger partial charge in [-0.05, 0) is 11.5 Å². The molecule has 0 atom stereocenters. The number of hydrogen-bond donors (Lipinski definition) is 0. The monoisotopic (exact) mass is 221 g/mol. The van der Waals surface area contributed by atoms with E-state index in [4.69, 9.17) is 9.78 Å². The molecule has 1 aromatic carbocycles. The SMILES string of the molecule is COOc1cc2ccccc2c(OOC)n1. The quantitative estimate of drug-likeness (QED) is 0.584. The first-order chi connectivity index (χ1) is 7.85. The van der Waals surface area contributed by atoms with Crippen LogP contribution in [-0.2, 0) is 9.78 Å². The molecule has 0 amide bonds. The van der Waals surface area contributed by atoms with E-state index in [0.29, 0.717) is 11.8 Å². The van der Waals surface area contributed by atoms with Gasteiger partial charge in [0.25, 0.3) is 11.8 Å². The number of hydrogen-bond acceptors (Lipinski definition) is 5. The van der Waals surface area contributed by atoms with Gasteiger partial charge in [-0.15, -0.1) is 0 Å². The van der Waals surface area contributed by atoms with Crippen LogP contribution in [0.25, 0.3) is 10.8 Å².